The van der Waals surface area contributed by atoms with Gasteiger partial charge in [-0.25, -0.2) is 0 Å². The lowest BCUT2D eigenvalue weighted by atomic mass is 9.86. The van der Waals surface area contributed by atoms with Gasteiger partial charge in [0.1, 0.15) is 23.0 Å². The van der Waals surface area contributed by atoms with Gasteiger partial charge in [-0.1, -0.05) is 150 Å². The molecule has 0 saturated heterocycles. The predicted octanol–water partition coefficient (Wildman–Crippen LogP) is 12.6. The van der Waals surface area contributed by atoms with Gasteiger partial charge in [0.15, 0.2) is 0 Å². The molecule has 0 fully saturated rings. The highest BCUT2D eigenvalue weighted by molar-refractivity contribution is 6.33. The third-order valence-electron chi connectivity index (χ3n) is 8.62. The molecule has 0 aliphatic carbocycles. The molecule has 0 unspecified atom stereocenters. The van der Waals surface area contributed by atoms with Gasteiger partial charge in [-0.15, -0.1) is 0 Å². The standard InChI is InChI=1S/4C11H14ClNO2/c4*1-11(2,3)8-4-7(6-13-15)10(14)9(12)5-8/h4*4-6,14-15H,1-3H3/b4*13-6+. The number of phenolic OH excluding ortho intramolecular Hbond substituents is 4. The van der Waals surface area contributed by atoms with Crippen molar-refractivity contribution >= 4 is 71.3 Å². The maximum absolute atomic E-state index is 9.58. The first-order chi connectivity index (χ1) is 27.4. The van der Waals surface area contributed by atoms with E-state index < -0.39 is 0 Å². The molecular weight excluding hydrogens is 854 g/mol. The van der Waals surface area contributed by atoms with E-state index >= 15 is 0 Å². The minimum Gasteiger partial charge on any atom is -0.506 e. The molecule has 4 aromatic carbocycles. The van der Waals surface area contributed by atoms with Gasteiger partial charge in [-0.05, 0) is 92.4 Å². The highest BCUT2D eigenvalue weighted by Crippen LogP contribution is 2.36. The molecule has 0 bridgehead atoms. The molecule has 16 heteroatoms. The van der Waals surface area contributed by atoms with Gasteiger partial charge in [0.2, 0.25) is 0 Å². The van der Waals surface area contributed by atoms with E-state index in [0.29, 0.717) is 22.3 Å². The largest absolute Gasteiger partial charge is 0.506 e. The summed E-state index contributed by atoms with van der Waals surface area (Å²) in [5.41, 5.74) is 5.24. The molecule has 4 aromatic rings. The van der Waals surface area contributed by atoms with Gasteiger partial charge in [-0.2, -0.15) is 0 Å². The van der Waals surface area contributed by atoms with Crippen LogP contribution in [0.25, 0.3) is 0 Å². The van der Waals surface area contributed by atoms with E-state index in [1.807, 2.05) is 83.1 Å². The second kappa shape index (κ2) is 22.1. The smallest absolute Gasteiger partial charge is 0.143 e. The Kier molecular flexibility index (Phi) is 19.6. The Labute approximate surface area is 372 Å². The molecule has 0 amide bonds. The molecule has 0 aromatic heterocycles. The van der Waals surface area contributed by atoms with Gasteiger partial charge in [0.05, 0.1) is 44.9 Å². The van der Waals surface area contributed by atoms with Crippen LogP contribution in [-0.2, 0) is 21.7 Å². The van der Waals surface area contributed by atoms with Crippen molar-refractivity contribution in [1.29, 1.82) is 0 Å². The van der Waals surface area contributed by atoms with Crippen LogP contribution in [0.3, 0.4) is 0 Å². The van der Waals surface area contributed by atoms with Crippen LogP contribution in [0.2, 0.25) is 20.1 Å². The molecule has 8 N–H and O–H groups in total. The Morgan fingerprint density at radius 3 is 0.600 bits per heavy atom. The SMILES string of the molecule is CC(C)(C)c1cc(Cl)c(O)c(/C=N/O)c1.CC(C)(C)c1cc(Cl)c(O)c(/C=N/O)c1.CC(C)(C)c1cc(Cl)c(O)c(/C=N/O)c1.CC(C)(C)c1cc(Cl)c(O)c(/C=N/O)c1. The Morgan fingerprint density at radius 2 is 0.483 bits per heavy atom. The topological polar surface area (TPSA) is 211 Å². The third kappa shape index (κ3) is 15.9. The number of halogens is 4. The zero-order valence-electron chi connectivity index (χ0n) is 35.8. The van der Waals surface area contributed by atoms with Crippen LogP contribution in [0.4, 0.5) is 0 Å². The van der Waals surface area contributed by atoms with Gasteiger partial charge in [-0.3, -0.25) is 0 Å². The van der Waals surface area contributed by atoms with Gasteiger partial charge in [0.25, 0.3) is 0 Å². The zero-order chi connectivity index (χ0) is 46.6. The van der Waals surface area contributed by atoms with Crippen LogP contribution in [0, 0.1) is 0 Å². The second-order valence-electron chi connectivity index (χ2n) is 17.6. The summed E-state index contributed by atoms with van der Waals surface area (Å²) in [6.45, 7) is 24.4. The molecule has 12 nitrogen and oxygen atoms in total. The van der Waals surface area contributed by atoms with Crippen molar-refractivity contribution in [1.82, 2.24) is 0 Å². The second-order valence-corrected chi connectivity index (χ2v) is 19.2. The van der Waals surface area contributed by atoms with E-state index in [4.69, 9.17) is 67.2 Å². The fraction of sp³-hybridized carbons (Fsp3) is 0.364. The number of aromatic hydroxyl groups is 4. The van der Waals surface area contributed by atoms with E-state index in [0.717, 1.165) is 47.1 Å². The molecule has 0 radical (unpaired) electrons. The first-order valence-corrected chi connectivity index (χ1v) is 19.8. The van der Waals surface area contributed by atoms with Gasteiger partial charge < -0.3 is 41.3 Å². The normalized spacial score (nSPS) is 12.3. The molecule has 0 aliphatic heterocycles. The molecule has 0 saturated carbocycles. The van der Waals surface area contributed by atoms with Crippen molar-refractivity contribution in [3.8, 4) is 23.0 Å². The summed E-state index contributed by atoms with van der Waals surface area (Å²) < 4.78 is 0. The van der Waals surface area contributed by atoms with Crippen molar-refractivity contribution in [3.63, 3.8) is 0 Å². The molecular formula is C44H56Cl4N4O8. The van der Waals surface area contributed by atoms with Crippen molar-refractivity contribution in [2.75, 3.05) is 0 Å². The molecule has 0 spiro atoms. The van der Waals surface area contributed by atoms with Crippen molar-refractivity contribution in [2.24, 2.45) is 20.6 Å². The summed E-state index contributed by atoms with van der Waals surface area (Å²) in [5, 5.41) is 84.7. The number of benzene rings is 4. The fourth-order valence-electron chi connectivity index (χ4n) is 4.86. The number of hydrogen-bond donors (Lipinski definition) is 8. The monoisotopic (exact) mass is 908 g/mol. The average Bonchev–Trinajstić information content (AvgIpc) is 3.12. The summed E-state index contributed by atoms with van der Waals surface area (Å²) in [6, 6.07) is 13.9. The van der Waals surface area contributed by atoms with Gasteiger partial charge in [0, 0.05) is 22.3 Å². The molecule has 60 heavy (non-hydrogen) atoms. The highest BCUT2D eigenvalue weighted by atomic mass is 35.5. The quantitative estimate of drug-likeness (QED) is 0.0559. The van der Waals surface area contributed by atoms with Crippen LogP contribution < -0.4 is 0 Å². The minimum absolute atomic E-state index is 0.0672. The number of hydrogen-bond acceptors (Lipinski definition) is 12. The fourth-order valence-corrected chi connectivity index (χ4v) is 5.76. The number of oxime groups is 4. The third-order valence-corrected chi connectivity index (χ3v) is 9.78. The first-order valence-electron chi connectivity index (χ1n) is 18.3. The Hall–Kier alpha value is -4.88. The first kappa shape index (κ1) is 53.1. The molecule has 0 atom stereocenters. The Balaban J connectivity index is 0.000000400. The maximum Gasteiger partial charge on any atom is 0.143 e. The number of rotatable bonds is 4. The molecule has 4 rings (SSSR count). The highest BCUT2D eigenvalue weighted by Gasteiger charge is 2.20. The van der Waals surface area contributed by atoms with Crippen LogP contribution in [-0.4, -0.2) is 66.1 Å². The van der Waals surface area contributed by atoms with E-state index in [-0.39, 0.29) is 64.7 Å². The minimum atomic E-state index is -0.0740. The molecule has 328 valence electrons. The lowest BCUT2D eigenvalue weighted by Crippen LogP contribution is -2.11. The average molecular weight is 911 g/mol. The van der Waals surface area contributed by atoms with Gasteiger partial charge >= 0.3 is 0 Å². The van der Waals surface area contributed by atoms with Crippen molar-refractivity contribution < 1.29 is 41.3 Å². The lowest BCUT2D eigenvalue weighted by Gasteiger charge is -2.20. The molecule has 0 heterocycles. The Morgan fingerprint density at radius 1 is 0.333 bits per heavy atom. The van der Waals surface area contributed by atoms with E-state index in [2.05, 4.69) is 20.6 Å². The summed E-state index contributed by atoms with van der Waals surface area (Å²) in [7, 11) is 0. The summed E-state index contributed by atoms with van der Waals surface area (Å²) in [5.74, 6) is -0.269. The van der Waals surface area contributed by atoms with Crippen LogP contribution in [0.15, 0.2) is 69.2 Å². The van der Waals surface area contributed by atoms with E-state index in [1.165, 1.54) is 0 Å². The predicted molar refractivity (Wildman–Crippen MR) is 245 cm³/mol. The number of nitrogens with zero attached hydrogens (tertiary/aromatic N) is 4. The maximum atomic E-state index is 9.58. The van der Waals surface area contributed by atoms with Crippen LogP contribution in [0.1, 0.15) is 128 Å². The lowest BCUT2D eigenvalue weighted by molar-refractivity contribution is 0.321. The summed E-state index contributed by atoms with van der Waals surface area (Å²) in [4.78, 5) is 0. The summed E-state index contributed by atoms with van der Waals surface area (Å²) in [6.07, 6.45) is 4.65. The van der Waals surface area contributed by atoms with E-state index in [9.17, 15) is 20.4 Å². The van der Waals surface area contributed by atoms with Crippen LogP contribution >= 0.6 is 46.4 Å². The number of phenols is 4. The summed E-state index contributed by atoms with van der Waals surface area (Å²) >= 11 is 23.5. The Bertz CT molecular complexity index is 1890. The van der Waals surface area contributed by atoms with E-state index in [1.54, 1.807) is 48.5 Å². The molecule has 0 aliphatic rings. The zero-order valence-corrected chi connectivity index (χ0v) is 38.8. The van der Waals surface area contributed by atoms with Crippen molar-refractivity contribution in [2.45, 2.75) is 105 Å². The van der Waals surface area contributed by atoms with Crippen molar-refractivity contribution in [3.05, 3.63) is 113 Å². The van der Waals surface area contributed by atoms with Crippen LogP contribution in [0.5, 0.6) is 23.0 Å².